The molecule has 0 saturated carbocycles. The summed E-state index contributed by atoms with van der Waals surface area (Å²) in [6, 6.07) is 8.31. The highest BCUT2D eigenvalue weighted by molar-refractivity contribution is 5.20. The first kappa shape index (κ1) is 14.5. The summed E-state index contributed by atoms with van der Waals surface area (Å²) in [5.41, 5.74) is 7.15. The largest absolute Gasteiger partial charge is 0.329 e. The van der Waals surface area contributed by atoms with Crippen LogP contribution in [0.15, 0.2) is 24.3 Å². The summed E-state index contributed by atoms with van der Waals surface area (Å²) >= 11 is 0. The minimum Gasteiger partial charge on any atom is -0.329 e. The van der Waals surface area contributed by atoms with Gasteiger partial charge in [0.05, 0.1) is 0 Å². The molecule has 0 spiro atoms. The van der Waals surface area contributed by atoms with Gasteiger partial charge in [0.2, 0.25) is 0 Å². The van der Waals surface area contributed by atoms with E-state index in [1.807, 2.05) is 12.1 Å². The van der Waals surface area contributed by atoms with Gasteiger partial charge in [0.15, 0.2) is 0 Å². The highest BCUT2D eigenvalue weighted by Gasteiger charge is 2.32. The average molecular weight is 264 g/mol. The molecule has 1 fully saturated rings. The predicted octanol–water partition coefficient (Wildman–Crippen LogP) is 3.48. The van der Waals surface area contributed by atoms with Gasteiger partial charge >= 0.3 is 0 Å². The van der Waals surface area contributed by atoms with Crippen LogP contribution in [-0.2, 0) is 0 Å². The Labute approximate surface area is 115 Å². The molecule has 1 saturated heterocycles. The minimum absolute atomic E-state index is 0.166. The van der Waals surface area contributed by atoms with Crippen molar-refractivity contribution in [3.05, 3.63) is 35.6 Å². The maximum atomic E-state index is 13.1. The SMILES string of the molecule is CCC(c1ccc(F)cc1)N1C(C)CCCC1CN. The van der Waals surface area contributed by atoms with Crippen LogP contribution >= 0.6 is 0 Å². The molecule has 3 unspecified atom stereocenters. The van der Waals surface area contributed by atoms with Crippen molar-refractivity contribution in [3.63, 3.8) is 0 Å². The summed E-state index contributed by atoms with van der Waals surface area (Å²) in [4.78, 5) is 2.55. The van der Waals surface area contributed by atoms with Gasteiger partial charge in [-0.15, -0.1) is 0 Å². The van der Waals surface area contributed by atoms with Crippen LogP contribution in [0.4, 0.5) is 4.39 Å². The van der Waals surface area contributed by atoms with Gasteiger partial charge in [-0.25, -0.2) is 4.39 Å². The molecule has 106 valence electrons. The van der Waals surface area contributed by atoms with E-state index in [4.69, 9.17) is 5.73 Å². The average Bonchev–Trinajstić information content (AvgIpc) is 2.43. The maximum absolute atomic E-state index is 13.1. The Kier molecular flexibility index (Phi) is 4.94. The number of nitrogens with two attached hydrogens (primary N) is 1. The fraction of sp³-hybridized carbons (Fsp3) is 0.625. The van der Waals surface area contributed by atoms with E-state index < -0.39 is 0 Å². The molecule has 1 aliphatic heterocycles. The van der Waals surface area contributed by atoms with Gasteiger partial charge in [-0.2, -0.15) is 0 Å². The molecule has 1 aromatic carbocycles. The summed E-state index contributed by atoms with van der Waals surface area (Å²) in [5.74, 6) is -0.166. The molecule has 19 heavy (non-hydrogen) atoms. The van der Waals surface area contributed by atoms with E-state index in [2.05, 4.69) is 18.7 Å². The maximum Gasteiger partial charge on any atom is 0.123 e. The first-order valence-corrected chi connectivity index (χ1v) is 7.40. The molecule has 3 atom stereocenters. The van der Waals surface area contributed by atoms with Crippen molar-refractivity contribution in [2.45, 2.75) is 57.7 Å². The molecule has 0 aromatic heterocycles. The van der Waals surface area contributed by atoms with E-state index in [0.29, 0.717) is 24.7 Å². The second-order valence-corrected chi connectivity index (χ2v) is 5.59. The summed E-state index contributed by atoms with van der Waals surface area (Å²) in [5, 5.41) is 0. The van der Waals surface area contributed by atoms with Gasteiger partial charge in [-0.05, 0) is 43.9 Å². The summed E-state index contributed by atoms with van der Waals surface area (Å²) < 4.78 is 13.1. The number of hydrogen-bond acceptors (Lipinski definition) is 2. The molecule has 1 heterocycles. The molecule has 1 aliphatic rings. The zero-order chi connectivity index (χ0) is 13.8. The highest BCUT2D eigenvalue weighted by atomic mass is 19.1. The topological polar surface area (TPSA) is 29.3 Å². The van der Waals surface area contributed by atoms with Crippen molar-refractivity contribution in [3.8, 4) is 0 Å². The van der Waals surface area contributed by atoms with Crippen molar-refractivity contribution < 1.29 is 4.39 Å². The lowest BCUT2D eigenvalue weighted by Crippen LogP contribution is -2.50. The molecule has 0 radical (unpaired) electrons. The fourth-order valence-corrected chi connectivity index (χ4v) is 3.41. The molecule has 2 rings (SSSR count). The summed E-state index contributed by atoms with van der Waals surface area (Å²) in [7, 11) is 0. The third kappa shape index (κ3) is 3.15. The van der Waals surface area contributed by atoms with E-state index in [-0.39, 0.29) is 5.82 Å². The van der Waals surface area contributed by atoms with Crippen molar-refractivity contribution >= 4 is 0 Å². The van der Waals surface area contributed by atoms with Crippen molar-refractivity contribution in [1.29, 1.82) is 0 Å². The van der Waals surface area contributed by atoms with E-state index in [1.54, 1.807) is 12.1 Å². The van der Waals surface area contributed by atoms with Gasteiger partial charge < -0.3 is 5.73 Å². The van der Waals surface area contributed by atoms with Gasteiger partial charge in [0, 0.05) is 24.7 Å². The summed E-state index contributed by atoms with van der Waals surface area (Å²) in [6.07, 6.45) is 4.71. The number of likely N-dealkylation sites (tertiary alicyclic amines) is 1. The van der Waals surface area contributed by atoms with Crippen molar-refractivity contribution in [1.82, 2.24) is 4.90 Å². The van der Waals surface area contributed by atoms with E-state index in [0.717, 1.165) is 6.42 Å². The Hall–Kier alpha value is -0.930. The Morgan fingerprint density at radius 1 is 1.32 bits per heavy atom. The van der Waals surface area contributed by atoms with Gasteiger partial charge in [-0.3, -0.25) is 4.90 Å². The third-order valence-corrected chi connectivity index (χ3v) is 4.36. The molecule has 0 aliphatic carbocycles. The smallest absolute Gasteiger partial charge is 0.123 e. The monoisotopic (exact) mass is 264 g/mol. The second-order valence-electron chi connectivity index (χ2n) is 5.59. The predicted molar refractivity (Wildman–Crippen MR) is 77.4 cm³/mol. The van der Waals surface area contributed by atoms with Gasteiger partial charge in [-0.1, -0.05) is 25.5 Å². The quantitative estimate of drug-likeness (QED) is 0.902. The molecule has 2 N–H and O–H groups in total. The Balaban J connectivity index is 2.25. The number of nitrogens with zero attached hydrogens (tertiary/aromatic N) is 1. The summed E-state index contributed by atoms with van der Waals surface area (Å²) in [6.45, 7) is 5.19. The van der Waals surface area contributed by atoms with Crippen LogP contribution in [0.5, 0.6) is 0 Å². The van der Waals surface area contributed by atoms with E-state index in [9.17, 15) is 4.39 Å². The van der Waals surface area contributed by atoms with Crippen LogP contribution < -0.4 is 5.73 Å². The minimum atomic E-state index is -0.166. The van der Waals surface area contributed by atoms with Crippen molar-refractivity contribution in [2.24, 2.45) is 5.73 Å². The van der Waals surface area contributed by atoms with Crippen LogP contribution in [0.3, 0.4) is 0 Å². The Bertz CT molecular complexity index is 390. The van der Waals surface area contributed by atoms with E-state index >= 15 is 0 Å². The molecule has 0 bridgehead atoms. The third-order valence-electron chi connectivity index (χ3n) is 4.36. The second kappa shape index (κ2) is 6.49. The molecule has 0 amide bonds. The standard InChI is InChI=1S/C16H25FN2/c1-3-16(13-7-9-14(17)10-8-13)19-12(2)5-4-6-15(19)11-18/h7-10,12,15-16H,3-6,11,18H2,1-2H3. The lowest BCUT2D eigenvalue weighted by atomic mass is 9.91. The van der Waals surface area contributed by atoms with Crippen LogP contribution in [0, 0.1) is 5.82 Å². The zero-order valence-corrected chi connectivity index (χ0v) is 12.0. The van der Waals surface area contributed by atoms with Gasteiger partial charge in [0.25, 0.3) is 0 Å². The molecule has 1 aromatic rings. The van der Waals surface area contributed by atoms with Crippen LogP contribution in [0.1, 0.15) is 51.1 Å². The Morgan fingerprint density at radius 2 is 2.00 bits per heavy atom. The van der Waals surface area contributed by atoms with Crippen molar-refractivity contribution in [2.75, 3.05) is 6.54 Å². The van der Waals surface area contributed by atoms with Crippen LogP contribution in [0.2, 0.25) is 0 Å². The van der Waals surface area contributed by atoms with Crippen LogP contribution in [0.25, 0.3) is 0 Å². The van der Waals surface area contributed by atoms with E-state index in [1.165, 1.54) is 24.8 Å². The molecular weight excluding hydrogens is 239 g/mol. The lowest BCUT2D eigenvalue weighted by molar-refractivity contribution is 0.0472. The zero-order valence-electron chi connectivity index (χ0n) is 12.0. The Morgan fingerprint density at radius 3 is 2.58 bits per heavy atom. The fourth-order valence-electron chi connectivity index (χ4n) is 3.41. The number of rotatable bonds is 4. The molecular formula is C16H25FN2. The number of hydrogen-bond donors (Lipinski definition) is 1. The number of piperidine rings is 1. The normalized spacial score (nSPS) is 26.3. The number of halogens is 1. The molecule has 3 heteroatoms. The lowest BCUT2D eigenvalue weighted by Gasteiger charge is -2.45. The van der Waals surface area contributed by atoms with Crippen LogP contribution in [-0.4, -0.2) is 23.5 Å². The van der Waals surface area contributed by atoms with Gasteiger partial charge in [0.1, 0.15) is 5.82 Å². The first-order valence-electron chi connectivity index (χ1n) is 7.40. The highest BCUT2D eigenvalue weighted by Crippen LogP contribution is 2.34. The first-order chi connectivity index (χ1) is 9.17. The number of benzene rings is 1. The molecule has 2 nitrogen and oxygen atoms in total.